The van der Waals surface area contributed by atoms with Crippen molar-refractivity contribution in [1.82, 2.24) is 5.32 Å². The third kappa shape index (κ3) is 4.47. The van der Waals surface area contributed by atoms with Crippen LogP contribution in [-0.2, 0) is 4.74 Å². The van der Waals surface area contributed by atoms with Crippen molar-refractivity contribution in [2.24, 2.45) is 0 Å². The van der Waals surface area contributed by atoms with E-state index in [4.69, 9.17) is 16.3 Å². The van der Waals surface area contributed by atoms with Gasteiger partial charge in [-0.3, -0.25) is 0 Å². The second-order valence-corrected chi connectivity index (χ2v) is 6.57. The molecule has 1 N–H and O–H groups in total. The monoisotopic (exact) mass is 295 g/mol. The van der Waals surface area contributed by atoms with E-state index in [9.17, 15) is 0 Å². The molecule has 3 heteroatoms. The molecule has 0 aliphatic carbocycles. The molecule has 1 saturated heterocycles. The van der Waals surface area contributed by atoms with E-state index in [-0.39, 0.29) is 0 Å². The fourth-order valence-electron chi connectivity index (χ4n) is 2.88. The average Bonchev–Trinajstić information content (AvgIpc) is 2.81. The fraction of sp³-hybridized carbons (Fsp3) is 0.647. The Morgan fingerprint density at radius 1 is 1.30 bits per heavy atom. The van der Waals surface area contributed by atoms with E-state index in [0.29, 0.717) is 24.2 Å². The van der Waals surface area contributed by atoms with Crippen LogP contribution in [0, 0.1) is 0 Å². The third-order valence-corrected chi connectivity index (χ3v) is 4.33. The highest BCUT2D eigenvalue weighted by molar-refractivity contribution is 6.31. The van der Waals surface area contributed by atoms with E-state index in [2.05, 4.69) is 38.2 Å². The minimum Gasteiger partial charge on any atom is -0.375 e. The van der Waals surface area contributed by atoms with Gasteiger partial charge in [0.05, 0.1) is 12.2 Å². The molecule has 1 aliphatic rings. The molecule has 0 saturated carbocycles. The molecule has 3 atom stereocenters. The van der Waals surface area contributed by atoms with Crippen LogP contribution in [0.5, 0.6) is 0 Å². The van der Waals surface area contributed by atoms with Crippen LogP contribution >= 0.6 is 11.6 Å². The highest BCUT2D eigenvalue weighted by Gasteiger charge is 2.26. The molecule has 0 spiro atoms. The van der Waals surface area contributed by atoms with Crippen LogP contribution in [0.2, 0.25) is 5.02 Å². The molecule has 2 rings (SSSR count). The molecule has 0 bridgehead atoms. The molecule has 20 heavy (non-hydrogen) atoms. The first-order chi connectivity index (χ1) is 9.56. The lowest BCUT2D eigenvalue weighted by molar-refractivity contribution is 0.0465. The van der Waals surface area contributed by atoms with Gasteiger partial charge in [0, 0.05) is 23.5 Å². The molecular formula is C17H26ClNO. The number of rotatable bonds is 6. The summed E-state index contributed by atoms with van der Waals surface area (Å²) in [6.45, 7) is 7.47. The standard InChI is InChI=1S/C17H26ClNO/c1-12(2)19-11-14(10-15-9-8-13(3)20-15)16-6-4-5-7-17(16)18/h4-7,12-15,19H,8-11H2,1-3H3. The van der Waals surface area contributed by atoms with Crippen LogP contribution in [0.1, 0.15) is 51.5 Å². The molecule has 1 aliphatic heterocycles. The van der Waals surface area contributed by atoms with Crippen molar-refractivity contribution in [3.63, 3.8) is 0 Å². The molecule has 2 nitrogen and oxygen atoms in total. The number of ether oxygens (including phenoxy) is 1. The lowest BCUT2D eigenvalue weighted by Gasteiger charge is -2.23. The lowest BCUT2D eigenvalue weighted by atomic mass is 9.91. The predicted octanol–water partition coefficient (Wildman–Crippen LogP) is 4.38. The number of nitrogens with one attached hydrogen (secondary N) is 1. The van der Waals surface area contributed by atoms with E-state index in [1.165, 1.54) is 18.4 Å². The zero-order valence-corrected chi connectivity index (χ0v) is 13.5. The zero-order valence-electron chi connectivity index (χ0n) is 12.7. The minimum atomic E-state index is 0.375. The first-order valence-corrected chi connectivity index (χ1v) is 8.07. The molecule has 1 heterocycles. The fourth-order valence-corrected chi connectivity index (χ4v) is 3.17. The molecule has 1 aromatic carbocycles. The van der Waals surface area contributed by atoms with Gasteiger partial charge in [-0.05, 0) is 37.8 Å². The summed E-state index contributed by atoms with van der Waals surface area (Å²) in [6, 6.07) is 8.68. The molecule has 3 unspecified atom stereocenters. The van der Waals surface area contributed by atoms with E-state index in [1.807, 2.05) is 12.1 Å². The zero-order chi connectivity index (χ0) is 14.5. The molecule has 0 radical (unpaired) electrons. The average molecular weight is 296 g/mol. The highest BCUT2D eigenvalue weighted by atomic mass is 35.5. The normalized spacial score (nSPS) is 24.2. The van der Waals surface area contributed by atoms with E-state index in [1.54, 1.807) is 0 Å². The topological polar surface area (TPSA) is 21.3 Å². The number of hydrogen-bond donors (Lipinski definition) is 1. The predicted molar refractivity (Wildman–Crippen MR) is 85.5 cm³/mol. The van der Waals surface area contributed by atoms with E-state index < -0.39 is 0 Å². The second-order valence-electron chi connectivity index (χ2n) is 6.16. The minimum absolute atomic E-state index is 0.375. The molecule has 1 aromatic rings. The van der Waals surface area contributed by atoms with Gasteiger partial charge in [0.25, 0.3) is 0 Å². The Labute approximate surface area is 127 Å². The van der Waals surface area contributed by atoms with E-state index >= 15 is 0 Å². The first-order valence-electron chi connectivity index (χ1n) is 7.69. The summed E-state index contributed by atoms with van der Waals surface area (Å²) in [4.78, 5) is 0. The SMILES string of the molecule is CC(C)NCC(CC1CCC(C)O1)c1ccccc1Cl. The lowest BCUT2D eigenvalue weighted by Crippen LogP contribution is -2.30. The van der Waals surface area contributed by atoms with Gasteiger partial charge in [-0.25, -0.2) is 0 Å². The second kappa shape index (κ2) is 7.44. The van der Waals surface area contributed by atoms with Crippen molar-refractivity contribution >= 4 is 11.6 Å². The molecule has 1 fully saturated rings. The maximum atomic E-state index is 6.38. The molecular weight excluding hydrogens is 270 g/mol. The summed E-state index contributed by atoms with van der Waals surface area (Å²) >= 11 is 6.38. The Bertz CT molecular complexity index is 421. The number of benzene rings is 1. The van der Waals surface area contributed by atoms with Crippen LogP contribution in [0.4, 0.5) is 0 Å². The van der Waals surface area contributed by atoms with Crippen molar-refractivity contribution < 1.29 is 4.74 Å². The van der Waals surface area contributed by atoms with Gasteiger partial charge >= 0.3 is 0 Å². The Morgan fingerprint density at radius 2 is 2.05 bits per heavy atom. The largest absolute Gasteiger partial charge is 0.375 e. The smallest absolute Gasteiger partial charge is 0.0586 e. The Morgan fingerprint density at radius 3 is 2.65 bits per heavy atom. The summed E-state index contributed by atoms with van der Waals surface area (Å²) < 4.78 is 5.99. The van der Waals surface area contributed by atoms with Crippen LogP contribution < -0.4 is 5.32 Å². The van der Waals surface area contributed by atoms with Crippen molar-refractivity contribution in [2.75, 3.05) is 6.54 Å². The van der Waals surface area contributed by atoms with Gasteiger partial charge in [-0.1, -0.05) is 43.6 Å². The van der Waals surface area contributed by atoms with Gasteiger partial charge in [0.15, 0.2) is 0 Å². The Hall–Kier alpha value is -0.570. The van der Waals surface area contributed by atoms with Crippen molar-refractivity contribution in [3.8, 4) is 0 Å². The van der Waals surface area contributed by atoms with Gasteiger partial charge < -0.3 is 10.1 Å². The Kier molecular flexibility index (Phi) is 5.88. The number of halogens is 1. The van der Waals surface area contributed by atoms with E-state index in [0.717, 1.165) is 18.0 Å². The summed E-state index contributed by atoms with van der Waals surface area (Å²) in [5.74, 6) is 0.418. The van der Waals surface area contributed by atoms with Gasteiger partial charge in [-0.15, -0.1) is 0 Å². The van der Waals surface area contributed by atoms with Crippen molar-refractivity contribution in [2.45, 2.75) is 64.2 Å². The summed E-state index contributed by atoms with van der Waals surface area (Å²) in [5.41, 5.74) is 1.24. The summed E-state index contributed by atoms with van der Waals surface area (Å²) in [6.07, 6.45) is 4.18. The molecule has 112 valence electrons. The quantitative estimate of drug-likeness (QED) is 0.841. The summed E-state index contributed by atoms with van der Waals surface area (Å²) in [7, 11) is 0. The van der Waals surface area contributed by atoms with Crippen LogP contribution in [-0.4, -0.2) is 24.8 Å². The first kappa shape index (κ1) is 15.8. The van der Waals surface area contributed by atoms with Gasteiger partial charge in [0.1, 0.15) is 0 Å². The van der Waals surface area contributed by atoms with Crippen LogP contribution in [0.3, 0.4) is 0 Å². The third-order valence-electron chi connectivity index (χ3n) is 3.98. The molecule has 0 aromatic heterocycles. The summed E-state index contributed by atoms with van der Waals surface area (Å²) in [5, 5.41) is 4.41. The van der Waals surface area contributed by atoms with Crippen LogP contribution in [0.15, 0.2) is 24.3 Å². The molecule has 0 amide bonds. The maximum Gasteiger partial charge on any atom is 0.0586 e. The van der Waals surface area contributed by atoms with Crippen molar-refractivity contribution in [3.05, 3.63) is 34.9 Å². The van der Waals surface area contributed by atoms with Crippen molar-refractivity contribution in [1.29, 1.82) is 0 Å². The van der Waals surface area contributed by atoms with Gasteiger partial charge in [0.2, 0.25) is 0 Å². The maximum absolute atomic E-state index is 6.38. The Balaban J connectivity index is 2.06. The highest BCUT2D eigenvalue weighted by Crippen LogP contribution is 2.32. The van der Waals surface area contributed by atoms with Gasteiger partial charge in [-0.2, -0.15) is 0 Å². The van der Waals surface area contributed by atoms with Crippen LogP contribution in [0.25, 0.3) is 0 Å². The number of hydrogen-bond acceptors (Lipinski definition) is 2.